The molecule has 0 radical (unpaired) electrons. The van der Waals surface area contributed by atoms with Crippen molar-refractivity contribution in [2.45, 2.75) is 46.5 Å². The van der Waals surface area contributed by atoms with Crippen molar-refractivity contribution in [3.8, 4) is 0 Å². The van der Waals surface area contributed by atoms with E-state index >= 15 is 0 Å². The van der Waals surface area contributed by atoms with E-state index in [1.165, 1.54) is 0 Å². The fraction of sp³-hybridized carbons (Fsp3) is 0.583. The van der Waals surface area contributed by atoms with E-state index in [2.05, 4.69) is 22.2 Å². The van der Waals surface area contributed by atoms with Crippen LogP contribution in [0.25, 0.3) is 0 Å². The van der Waals surface area contributed by atoms with Gasteiger partial charge in [-0.2, -0.15) is 0 Å². The zero-order chi connectivity index (χ0) is 12.0. The molecule has 1 aromatic heterocycles. The molecule has 0 aliphatic carbocycles. The first kappa shape index (κ1) is 12.6. The highest BCUT2D eigenvalue weighted by atomic mass is 16.1. The van der Waals surface area contributed by atoms with Crippen LogP contribution in [-0.2, 0) is 4.79 Å². The van der Waals surface area contributed by atoms with Gasteiger partial charge in [0.15, 0.2) is 0 Å². The van der Waals surface area contributed by atoms with Gasteiger partial charge in [-0.25, -0.2) is 9.97 Å². The Morgan fingerprint density at radius 1 is 1.25 bits per heavy atom. The minimum Gasteiger partial charge on any atom is -0.295 e. The average molecular weight is 221 g/mol. The largest absolute Gasteiger partial charge is 0.295 e. The number of hydrogen-bond acceptors (Lipinski definition) is 3. The zero-order valence-electron chi connectivity index (χ0n) is 10.2. The number of carbonyl (C=O) groups is 1. The van der Waals surface area contributed by atoms with Gasteiger partial charge in [0.05, 0.1) is 0 Å². The smallest absolute Gasteiger partial charge is 0.229 e. The van der Waals surface area contributed by atoms with E-state index in [9.17, 15) is 4.79 Å². The number of carbonyl (C=O) groups excluding carboxylic acids is 1. The molecule has 0 aliphatic rings. The van der Waals surface area contributed by atoms with Crippen molar-refractivity contribution in [2.75, 3.05) is 5.32 Å². The van der Waals surface area contributed by atoms with Crippen LogP contribution in [0.1, 0.15) is 44.0 Å². The maximum absolute atomic E-state index is 11.5. The molecule has 4 heteroatoms. The molecule has 88 valence electrons. The fourth-order valence-electron chi connectivity index (χ4n) is 1.50. The van der Waals surface area contributed by atoms with Crippen LogP contribution in [-0.4, -0.2) is 15.9 Å². The van der Waals surface area contributed by atoms with Crippen molar-refractivity contribution in [3.05, 3.63) is 17.5 Å². The van der Waals surface area contributed by atoms with Crippen LogP contribution in [0.3, 0.4) is 0 Å². The molecule has 0 unspecified atom stereocenters. The first-order valence-electron chi connectivity index (χ1n) is 5.74. The molecule has 0 saturated heterocycles. The summed E-state index contributed by atoms with van der Waals surface area (Å²) >= 11 is 0. The molecular formula is C12H19N3O. The summed E-state index contributed by atoms with van der Waals surface area (Å²) < 4.78 is 0. The Morgan fingerprint density at radius 2 is 1.88 bits per heavy atom. The van der Waals surface area contributed by atoms with E-state index in [1.807, 2.05) is 19.9 Å². The molecular weight excluding hydrogens is 202 g/mol. The molecule has 4 nitrogen and oxygen atoms in total. The van der Waals surface area contributed by atoms with Crippen molar-refractivity contribution in [1.29, 1.82) is 0 Å². The normalized spacial score (nSPS) is 10.2. The van der Waals surface area contributed by atoms with Crippen molar-refractivity contribution < 1.29 is 4.79 Å². The third-order valence-corrected chi connectivity index (χ3v) is 2.24. The number of amides is 1. The average Bonchev–Trinajstić information content (AvgIpc) is 2.16. The summed E-state index contributed by atoms with van der Waals surface area (Å²) in [6.07, 6.45) is 3.67. The Labute approximate surface area is 96.5 Å². The fourth-order valence-corrected chi connectivity index (χ4v) is 1.50. The molecule has 0 saturated carbocycles. The number of anilines is 1. The van der Waals surface area contributed by atoms with Crippen LogP contribution in [0.15, 0.2) is 6.07 Å². The highest BCUT2D eigenvalue weighted by molar-refractivity contribution is 5.88. The lowest BCUT2D eigenvalue weighted by molar-refractivity contribution is -0.116. The number of hydrogen-bond donors (Lipinski definition) is 1. The van der Waals surface area contributed by atoms with Crippen molar-refractivity contribution in [2.24, 2.45) is 0 Å². The standard InChI is InChI=1S/C12H19N3O/c1-4-5-6-7-11(16)15-12-13-9(2)8-10(3)14-12/h8H,4-7H2,1-3H3,(H,13,14,15,16). The van der Waals surface area contributed by atoms with Gasteiger partial charge in [0.25, 0.3) is 0 Å². The van der Waals surface area contributed by atoms with E-state index in [4.69, 9.17) is 0 Å². The molecule has 0 fully saturated rings. The van der Waals surface area contributed by atoms with Crippen LogP contribution in [0.5, 0.6) is 0 Å². The Morgan fingerprint density at radius 3 is 2.44 bits per heavy atom. The third-order valence-electron chi connectivity index (χ3n) is 2.24. The van der Waals surface area contributed by atoms with Gasteiger partial charge in [-0.15, -0.1) is 0 Å². The SMILES string of the molecule is CCCCCC(=O)Nc1nc(C)cc(C)n1. The summed E-state index contributed by atoms with van der Waals surface area (Å²) in [7, 11) is 0. The molecule has 1 aromatic rings. The number of nitrogens with one attached hydrogen (secondary N) is 1. The summed E-state index contributed by atoms with van der Waals surface area (Å²) in [4.78, 5) is 19.8. The van der Waals surface area contributed by atoms with Crippen LogP contribution in [0.4, 0.5) is 5.95 Å². The minimum atomic E-state index is -0.00144. The summed E-state index contributed by atoms with van der Waals surface area (Å²) in [5.74, 6) is 0.414. The first-order valence-corrected chi connectivity index (χ1v) is 5.74. The molecule has 1 heterocycles. The maximum Gasteiger partial charge on any atom is 0.229 e. The second-order valence-corrected chi connectivity index (χ2v) is 3.98. The number of aryl methyl sites for hydroxylation is 2. The van der Waals surface area contributed by atoms with E-state index in [0.29, 0.717) is 12.4 Å². The van der Waals surface area contributed by atoms with Crippen LogP contribution in [0.2, 0.25) is 0 Å². The van der Waals surface area contributed by atoms with Gasteiger partial charge in [0, 0.05) is 17.8 Å². The molecule has 0 bridgehead atoms. The van der Waals surface area contributed by atoms with E-state index < -0.39 is 0 Å². The quantitative estimate of drug-likeness (QED) is 0.777. The Hall–Kier alpha value is -1.45. The molecule has 0 spiro atoms. The van der Waals surface area contributed by atoms with Crippen LogP contribution in [0, 0.1) is 13.8 Å². The van der Waals surface area contributed by atoms with E-state index in [-0.39, 0.29) is 5.91 Å². The van der Waals surface area contributed by atoms with Crippen molar-refractivity contribution >= 4 is 11.9 Å². The zero-order valence-corrected chi connectivity index (χ0v) is 10.2. The minimum absolute atomic E-state index is 0.00144. The second kappa shape index (κ2) is 6.20. The number of nitrogens with zero attached hydrogens (tertiary/aromatic N) is 2. The summed E-state index contributed by atoms with van der Waals surface area (Å²) in [5, 5.41) is 2.72. The van der Waals surface area contributed by atoms with Gasteiger partial charge in [0.1, 0.15) is 0 Å². The van der Waals surface area contributed by atoms with E-state index in [0.717, 1.165) is 30.7 Å². The molecule has 1 N–H and O–H groups in total. The number of rotatable bonds is 5. The molecule has 1 rings (SSSR count). The van der Waals surface area contributed by atoms with E-state index in [1.54, 1.807) is 0 Å². The topological polar surface area (TPSA) is 54.9 Å². The highest BCUT2D eigenvalue weighted by Crippen LogP contribution is 2.05. The summed E-state index contributed by atoms with van der Waals surface area (Å²) in [6, 6.07) is 1.88. The van der Waals surface area contributed by atoms with Crippen LogP contribution < -0.4 is 5.32 Å². The third kappa shape index (κ3) is 4.38. The number of unbranched alkanes of at least 4 members (excludes halogenated alkanes) is 2. The Bertz CT molecular complexity index is 343. The van der Waals surface area contributed by atoms with Gasteiger partial charge in [-0.05, 0) is 26.3 Å². The first-order chi connectivity index (χ1) is 7.61. The van der Waals surface area contributed by atoms with Gasteiger partial charge in [0.2, 0.25) is 11.9 Å². The molecule has 0 aromatic carbocycles. The van der Waals surface area contributed by atoms with Crippen molar-refractivity contribution in [1.82, 2.24) is 9.97 Å². The predicted molar refractivity (Wildman–Crippen MR) is 64.3 cm³/mol. The maximum atomic E-state index is 11.5. The van der Waals surface area contributed by atoms with Crippen LogP contribution >= 0.6 is 0 Å². The summed E-state index contributed by atoms with van der Waals surface area (Å²) in [5.41, 5.74) is 1.74. The second-order valence-electron chi connectivity index (χ2n) is 3.98. The molecule has 1 amide bonds. The molecule has 0 aliphatic heterocycles. The Kier molecular flexibility index (Phi) is 4.89. The lowest BCUT2D eigenvalue weighted by Crippen LogP contribution is -2.14. The van der Waals surface area contributed by atoms with Gasteiger partial charge >= 0.3 is 0 Å². The predicted octanol–water partition coefficient (Wildman–Crippen LogP) is 2.61. The lowest BCUT2D eigenvalue weighted by atomic mass is 10.2. The highest BCUT2D eigenvalue weighted by Gasteiger charge is 2.04. The van der Waals surface area contributed by atoms with Gasteiger partial charge < -0.3 is 0 Å². The lowest BCUT2D eigenvalue weighted by Gasteiger charge is -2.05. The Balaban J connectivity index is 2.49. The van der Waals surface area contributed by atoms with Crippen molar-refractivity contribution in [3.63, 3.8) is 0 Å². The van der Waals surface area contributed by atoms with Gasteiger partial charge in [-0.1, -0.05) is 19.8 Å². The molecule has 0 atom stereocenters. The monoisotopic (exact) mass is 221 g/mol. The van der Waals surface area contributed by atoms with Gasteiger partial charge in [-0.3, -0.25) is 10.1 Å². The molecule has 16 heavy (non-hydrogen) atoms. The summed E-state index contributed by atoms with van der Waals surface area (Å²) in [6.45, 7) is 5.90. The number of aromatic nitrogens is 2.